The molecule has 1 aliphatic rings. The lowest BCUT2D eigenvalue weighted by atomic mass is 10.2. The van der Waals surface area contributed by atoms with E-state index in [2.05, 4.69) is 5.10 Å². The third-order valence-electron chi connectivity index (χ3n) is 3.23. The predicted molar refractivity (Wildman–Crippen MR) is 67.5 cm³/mol. The summed E-state index contributed by atoms with van der Waals surface area (Å²) < 4.78 is 1.53. The van der Waals surface area contributed by atoms with Crippen molar-refractivity contribution in [2.45, 2.75) is 25.7 Å². The number of hydrogen-bond donors (Lipinski definition) is 2. The van der Waals surface area contributed by atoms with Crippen molar-refractivity contribution in [3.63, 3.8) is 0 Å². The molecule has 3 rings (SSSR count). The molecule has 0 spiro atoms. The third kappa shape index (κ3) is 1.65. The van der Waals surface area contributed by atoms with E-state index >= 15 is 0 Å². The van der Waals surface area contributed by atoms with E-state index in [9.17, 15) is 4.79 Å². The Labute approximate surface area is 99.1 Å². The van der Waals surface area contributed by atoms with Crippen molar-refractivity contribution in [1.82, 2.24) is 9.78 Å². The topological polar surface area (TPSA) is 63.8 Å². The van der Waals surface area contributed by atoms with Gasteiger partial charge in [0.05, 0.1) is 11.4 Å². The third-order valence-corrected chi connectivity index (χ3v) is 3.23. The Hall–Kier alpha value is -1.97. The maximum Gasteiger partial charge on any atom is 0.294 e. The molecule has 1 fully saturated rings. The molecule has 1 heterocycles. The Kier molecular flexibility index (Phi) is 2.11. The first-order valence-electron chi connectivity index (χ1n) is 5.84. The summed E-state index contributed by atoms with van der Waals surface area (Å²) >= 11 is 0. The van der Waals surface area contributed by atoms with Crippen molar-refractivity contribution in [3.05, 3.63) is 45.9 Å². The number of hydrogen-bond acceptors (Lipinski definition) is 2. The number of aromatic nitrogens is 2. The number of nitrogens with one attached hydrogen (secondary N) is 1. The maximum atomic E-state index is 12.0. The van der Waals surface area contributed by atoms with Crippen LogP contribution in [0.1, 0.15) is 30.0 Å². The van der Waals surface area contributed by atoms with Gasteiger partial charge >= 0.3 is 0 Å². The first-order valence-corrected chi connectivity index (χ1v) is 5.84. The van der Waals surface area contributed by atoms with E-state index in [1.54, 1.807) is 0 Å². The van der Waals surface area contributed by atoms with Gasteiger partial charge in [-0.25, -0.2) is 4.68 Å². The minimum absolute atomic E-state index is 0.143. The van der Waals surface area contributed by atoms with Crippen LogP contribution >= 0.6 is 0 Å². The highest BCUT2D eigenvalue weighted by Crippen LogP contribution is 2.40. The summed E-state index contributed by atoms with van der Waals surface area (Å²) in [6, 6.07) is 7.80. The van der Waals surface area contributed by atoms with E-state index in [1.165, 1.54) is 10.2 Å². The molecule has 0 saturated heterocycles. The maximum absolute atomic E-state index is 12.0. The van der Waals surface area contributed by atoms with Gasteiger partial charge in [-0.3, -0.25) is 9.89 Å². The molecule has 1 aliphatic carbocycles. The molecule has 1 saturated carbocycles. The normalized spacial score (nSPS) is 15.1. The minimum atomic E-state index is -0.143. The standard InChI is InChI=1S/C13H15N3O/c1-8-2-6-10(7-3-8)16-13(17)11(14)12(15-16)9-4-5-9/h2-3,6-7,9,15H,4-5,14H2,1H3. The van der Waals surface area contributed by atoms with Crippen LogP contribution in [0.2, 0.25) is 0 Å². The number of aryl methyl sites for hydroxylation is 1. The van der Waals surface area contributed by atoms with Crippen molar-refractivity contribution in [3.8, 4) is 5.69 Å². The van der Waals surface area contributed by atoms with Crippen molar-refractivity contribution in [1.29, 1.82) is 0 Å². The van der Waals surface area contributed by atoms with Gasteiger partial charge in [-0.2, -0.15) is 0 Å². The summed E-state index contributed by atoms with van der Waals surface area (Å²) in [5.41, 5.74) is 8.97. The number of nitrogen functional groups attached to an aromatic ring is 1. The Morgan fingerprint density at radius 2 is 1.94 bits per heavy atom. The molecule has 0 bridgehead atoms. The molecule has 0 atom stereocenters. The molecule has 0 aliphatic heterocycles. The average Bonchev–Trinajstić information content (AvgIpc) is 3.11. The van der Waals surface area contributed by atoms with Crippen LogP contribution in [-0.2, 0) is 0 Å². The largest absolute Gasteiger partial charge is 0.393 e. The van der Waals surface area contributed by atoms with E-state index in [0.717, 1.165) is 24.2 Å². The second kappa shape index (κ2) is 3.52. The zero-order chi connectivity index (χ0) is 12.0. The van der Waals surface area contributed by atoms with Crippen LogP contribution in [0.3, 0.4) is 0 Å². The summed E-state index contributed by atoms with van der Waals surface area (Å²) in [7, 11) is 0. The zero-order valence-corrected chi connectivity index (χ0v) is 9.73. The van der Waals surface area contributed by atoms with Crippen molar-refractivity contribution < 1.29 is 0 Å². The second-order valence-corrected chi connectivity index (χ2v) is 4.69. The first-order chi connectivity index (χ1) is 8.16. The van der Waals surface area contributed by atoms with Crippen LogP contribution in [0.25, 0.3) is 5.69 Å². The summed E-state index contributed by atoms with van der Waals surface area (Å²) in [5.74, 6) is 0.453. The van der Waals surface area contributed by atoms with Gasteiger partial charge < -0.3 is 5.73 Å². The quantitative estimate of drug-likeness (QED) is 0.826. The van der Waals surface area contributed by atoms with Crippen LogP contribution in [0.5, 0.6) is 0 Å². The molecule has 4 nitrogen and oxygen atoms in total. The molecular weight excluding hydrogens is 214 g/mol. The Bertz CT molecular complexity index is 603. The van der Waals surface area contributed by atoms with Crippen molar-refractivity contribution in [2.75, 3.05) is 5.73 Å². The molecule has 3 N–H and O–H groups in total. The fourth-order valence-electron chi connectivity index (χ4n) is 2.03. The predicted octanol–water partition coefficient (Wildman–Crippen LogP) is 1.93. The number of nitrogens with zero attached hydrogens (tertiary/aromatic N) is 1. The molecule has 0 radical (unpaired) electrons. The molecule has 0 unspecified atom stereocenters. The Balaban J connectivity index is 2.11. The smallest absolute Gasteiger partial charge is 0.294 e. The summed E-state index contributed by atoms with van der Waals surface area (Å²) in [4.78, 5) is 12.0. The SMILES string of the molecule is Cc1ccc(-n2[nH]c(C3CC3)c(N)c2=O)cc1. The average molecular weight is 229 g/mol. The molecule has 1 aromatic carbocycles. The van der Waals surface area contributed by atoms with Crippen LogP contribution in [0, 0.1) is 6.92 Å². The summed E-state index contributed by atoms with van der Waals surface area (Å²) in [5, 5.41) is 3.13. The minimum Gasteiger partial charge on any atom is -0.393 e. The van der Waals surface area contributed by atoms with Gasteiger partial charge in [0.25, 0.3) is 5.56 Å². The number of benzene rings is 1. The molecular formula is C13H15N3O. The molecule has 4 heteroatoms. The van der Waals surface area contributed by atoms with Crippen molar-refractivity contribution in [2.24, 2.45) is 0 Å². The molecule has 17 heavy (non-hydrogen) atoms. The van der Waals surface area contributed by atoms with Gasteiger partial charge in [0.1, 0.15) is 5.69 Å². The number of rotatable bonds is 2. The van der Waals surface area contributed by atoms with E-state index in [1.807, 2.05) is 31.2 Å². The fourth-order valence-corrected chi connectivity index (χ4v) is 2.03. The lowest BCUT2D eigenvalue weighted by Crippen LogP contribution is -2.16. The lowest BCUT2D eigenvalue weighted by Gasteiger charge is -2.01. The van der Waals surface area contributed by atoms with Crippen LogP contribution in [-0.4, -0.2) is 9.78 Å². The van der Waals surface area contributed by atoms with E-state index < -0.39 is 0 Å². The van der Waals surface area contributed by atoms with Crippen LogP contribution in [0.15, 0.2) is 29.1 Å². The molecule has 1 aromatic heterocycles. The van der Waals surface area contributed by atoms with E-state index in [-0.39, 0.29) is 5.56 Å². The van der Waals surface area contributed by atoms with Gasteiger partial charge in [-0.1, -0.05) is 17.7 Å². The first kappa shape index (κ1) is 10.2. The number of anilines is 1. The van der Waals surface area contributed by atoms with Gasteiger partial charge in [-0.15, -0.1) is 0 Å². The van der Waals surface area contributed by atoms with Gasteiger partial charge in [0, 0.05) is 5.92 Å². The molecule has 88 valence electrons. The monoisotopic (exact) mass is 229 g/mol. The lowest BCUT2D eigenvalue weighted by molar-refractivity contribution is 0.816. The number of aromatic amines is 1. The zero-order valence-electron chi connectivity index (χ0n) is 9.73. The fraction of sp³-hybridized carbons (Fsp3) is 0.308. The summed E-state index contributed by atoms with van der Waals surface area (Å²) in [6.45, 7) is 2.02. The molecule has 0 amide bonds. The summed E-state index contributed by atoms with van der Waals surface area (Å²) in [6.07, 6.45) is 2.25. The van der Waals surface area contributed by atoms with Gasteiger partial charge in [-0.05, 0) is 31.9 Å². The van der Waals surface area contributed by atoms with E-state index in [4.69, 9.17) is 5.73 Å². The van der Waals surface area contributed by atoms with Gasteiger partial charge in [0.15, 0.2) is 0 Å². The Morgan fingerprint density at radius 3 is 2.53 bits per heavy atom. The van der Waals surface area contributed by atoms with Crippen LogP contribution < -0.4 is 11.3 Å². The van der Waals surface area contributed by atoms with Crippen LogP contribution in [0.4, 0.5) is 5.69 Å². The molecule has 2 aromatic rings. The van der Waals surface area contributed by atoms with Crippen molar-refractivity contribution >= 4 is 5.69 Å². The highest BCUT2D eigenvalue weighted by Gasteiger charge is 2.29. The van der Waals surface area contributed by atoms with E-state index in [0.29, 0.717) is 11.6 Å². The second-order valence-electron chi connectivity index (χ2n) is 4.69. The van der Waals surface area contributed by atoms with Gasteiger partial charge in [0.2, 0.25) is 0 Å². The number of nitrogens with two attached hydrogens (primary N) is 1. The number of H-pyrrole nitrogens is 1. The highest BCUT2D eigenvalue weighted by molar-refractivity contribution is 5.47. The Morgan fingerprint density at radius 1 is 1.29 bits per heavy atom. The highest BCUT2D eigenvalue weighted by atomic mass is 16.1.